The van der Waals surface area contributed by atoms with Crippen molar-refractivity contribution >= 4 is 17.8 Å². The molecular weight excluding hydrogens is 314 g/mol. The van der Waals surface area contributed by atoms with Crippen LogP contribution in [0.4, 0.5) is 0 Å². The lowest BCUT2D eigenvalue weighted by Gasteiger charge is -2.12. The quantitative estimate of drug-likeness (QED) is 0.422. The molecule has 0 aliphatic rings. The van der Waals surface area contributed by atoms with Crippen molar-refractivity contribution in [2.24, 2.45) is 0 Å². The predicted octanol–water partition coefficient (Wildman–Crippen LogP) is 2.36. The lowest BCUT2D eigenvalue weighted by Crippen LogP contribution is -2.16. The molecule has 1 aromatic rings. The van der Waals surface area contributed by atoms with Crippen LogP contribution in [0, 0.1) is 5.41 Å². The van der Waals surface area contributed by atoms with E-state index >= 15 is 0 Å². The third-order valence-electron chi connectivity index (χ3n) is 2.91. The summed E-state index contributed by atoms with van der Waals surface area (Å²) in [7, 11) is 0. The summed E-state index contributed by atoms with van der Waals surface area (Å²) in [5.41, 5.74) is 0.740. The Morgan fingerprint density at radius 1 is 1.00 bits per heavy atom. The molecule has 0 saturated heterocycles. The molecule has 0 aliphatic carbocycles. The van der Waals surface area contributed by atoms with E-state index < -0.39 is 11.9 Å². The van der Waals surface area contributed by atoms with Gasteiger partial charge in [-0.3, -0.25) is 10.2 Å². The van der Waals surface area contributed by atoms with Crippen LogP contribution in [0.3, 0.4) is 0 Å². The van der Waals surface area contributed by atoms with Crippen LogP contribution in [0.15, 0.2) is 18.2 Å². The van der Waals surface area contributed by atoms with Crippen molar-refractivity contribution in [2.75, 3.05) is 26.4 Å². The molecule has 0 unspecified atom stereocenters. The number of esters is 2. The first-order chi connectivity index (χ1) is 11.5. The zero-order chi connectivity index (χ0) is 17.9. The summed E-state index contributed by atoms with van der Waals surface area (Å²) in [6.07, 6.45) is -0.0307. The molecule has 0 radical (unpaired) electrons. The Bertz CT molecular complexity index is 584. The summed E-state index contributed by atoms with van der Waals surface area (Å²) in [6.45, 7) is 6.02. The maximum absolute atomic E-state index is 12.1. The van der Waals surface area contributed by atoms with Crippen molar-refractivity contribution in [1.82, 2.24) is 0 Å². The fraction of sp³-hybridized carbons (Fsp3) is 0.471. The average Bonchev–Trinajstić information content (AvgIpc) is 2.54. The molecule has 0 amide bonds. The molecule has 0 heterocycles. The van der Waals surface area contributed by atoms with Gasteiger partial charge >= 0.3 is 11.9 Å². The van der Waals surface area contributed by atoms with Gasteiger partial charge in [0.05, 0.1) is 31.8 Å². The molecule has 1 N–H and O–H groups in total. The summed E-state index contributed by atoms with van der Waals surface area (Å²) in [5, 5.41) is 7.52. The first-order valence-corrected chi connectivity index (χ1v) is 7.80. The Balaban J connectivity index is 2.93. The standard InChI is InChI=1S/C17H23NO6/c1-4-21-15(18)11-24-13-8-7-12(9-16(19)22-5-2)14(10-13)17(20)23-6-3/h7-8,10,18H,4-6,9,11H2,1-3H3. The molecule has 0 fully saturated rings. The smallest absolute Gasteiger partial charge is 0.338 e. The lowest BCUT2D eigenvalue weighted by atomic mass is 10.0. The lowest BCUT2D eigenvalue weighted by molar-refractivity contribution is -0.142. The molecular formula is C17H23NO6. The Hall–Kier alpha value is -2.57. The van der Waals surface area contributed by atoms with Crippen LogP contribution >= 0.6 is 0 Å². The van der Waals surface area contributed by atoms with Crippen molar-refractivity contribution < 1.29 is 28.5 Å². The van der Waals surface area contributed by atoms with Gasteiger partial charge in [-0.05, 0) is 38.5 Å². The van der Waals surface area contributed by atoms with Gasteiger partial charge in [0.25, 0.3) is 0 Å². The summed E-state index contributed by atoms with van der Waals surface area (Å²) >= 11 is 0. The van der Waals surface area contributed by atoms with Gasteiger partial charge in [0, 0.05) is 0 Å². The van der Waals surface area contributed by atoms with Crippen LogP contribution < -0.4 is 4.74 Å². The predicted molar refractivity (Wildman–Crippen MR) is 87.6 cm³/mol. The molecule has 0 saturated carbocycles. The molecule has 0 atom stereocenters. The monoisotopic (exact) mass is 337 g/mol. The summed E-state index contributed by atoms with van der Waals surface area (Å²) in [5.74, 6) is -0.585. The number of hydrogen-bond acceptors (Lipinski definition) is 7. The second-order valence-electron chi connectivity index (χ2n) is 4.67. The highest BCUT2D eigenvalue weighted by molar-refractivity contribution is 5.93. The van der Waals surface area contributed by atoms with E-state index in [4.69, 9.17) is 24.4 Å². The number of hydrogen-bond donors (Lipinski definition) is 1. The number of ether oxygens (including phenoxy) is 4. The highest BCUT2D eigenvalue weighted by Gasteiger charge is 2.17. The third-order valence-corrected chi connectivity index (χ3v) is 2.91. The molecule has 0 spiro atoms. The number of carbonyl (C=O) groups excluding carboxylic acids is 2. The molecule has 7 heteroatoms. The Kier molecular flexibility index (Phi) is 8.32. The van der Waals surface area contributed by atoms with Gasteiger partial charge in [-0.1, -0.05) is 6.07 Å². The third kappa shape index (κ3) is 6.28. The number of nitrogens with one attached hydrogen (secondary N) is 1. The largest absolute Gasteiger partial charge is 0.484 e. The van der Waals surface area contributed by atoms with Gasteiger partial charge in [-0.25, -0.2) is 4.79 Å². The van der Waals surface area contributed by atoms with E-state index in [1.165, 1.54) is 6.07 Å². The van der Waals surface area contributed by atoms with E-state index in [1.807, 2.05) is 0 Å². The Morgan fingerprint density at radius 3 is 2.29 bits per heavy atom. The van der Waals surface area contributed by atoms with Gasteiger partial charge in [-0.2, -0.15) is 0 Å². The van der Waals surface area contributed by atoms with Crippen LogP contribution in [0.2, 0.25) is 0 Å². The SMILES string of the molecule is CCOC(=N)COc1ccc(CC(=O)OCC)c(C(=O)OCC)c1. The van der Waals surface area contributed by atoms with Crippen molar-refractivity contribution in [3.63, 3.8) is 0 Å². The van der Waals surface area contributed by atoms with Gasteiger partial charge < -0.3 is 18.9 Å². The topological polar surface area (TPSA) is 94.9 Å². The number of benzene rings is 1. The van der Waals surface area contributed by atoms with Gasteiger partial charge in [0.2, 0.25) is 5.90 Å². The average molecular weight is 337 g/mol. The highest BCUT2D eigenvalue weighted by atomic mass is 16.5. The second kappa shape index (κ2) is 10.3. The molecule has 7 nitrogen and oxygen atoms in total. The van der Waals surface area contributed by atoms with E-state index in [2.05, 4.69) is 0 Å². The molecule has 132 valence electrons. The summed E-state index contributed by atoms with van der Waals surface area (Å²) < 4.78 is 20.3. The molecule has 24 heavy (non-hydrogen) atoms. The second-order valence-corrected chi connectivity index (χ2v) is 4.67. The van der Waals surface area contributed by atoms with E-state index in [0.717, 1.165) is 0 Å². The minimum Gasteiger partial charge on any atom is -0.484 e. The maximum atomic E-state index is 12.1. The molecule has 0 aromatic heterocycles. The van der Waals surface area contributed by atoms with E-state index in [0.29, 0.717) is 17.9 Å². The first kappa shape index (κ1) is 19.5. The zero-order valence-electron chi connectivity index (χ0n) is 14.2. The fourth-order valence-corrected chi connectivity index (χ4v) is 1.93. The van der Waals surface area contributed by atoms with Crippen molar-refractivity contribution in [2.45, 2.75) is 27.2 Å². The van der Waals surface area contributed by atoms with Crippen molar-refractivity contribution in [3.05, 3.63) is 29.3 Å². The molecule has 1 aromatic carbocycles. The van der Waals surface area contributed by atoms with Gasteiger partial charge in [0.15, 0.2) is 6.61 Å². The van der Waals surface area contributed by atoms with Crippen molar-refractivity contribution in [1.29, 1.82) is 5.41 Å². The van der Waals surface area contributed by atoms with E-state index in [9.17, 15) is 9.59 Å². The minimum absolute atomic E-state index is 0.00853. The summed E-state index contributed by atoms with van der Waals surface area (Å²) in [6, 6.07) is 4.73. The Labute approximate surface area is 141 Å². The number of rotatable bonds is 9. The first-order valence-electron chi connectivity index (χ1n) is 7.80. The van der Waals surface area contributed by atoms with Crippen molar-refractivity contribution in [3.8, 4) is 5.75 Å². The van der Waals surface area contributed by atoms with Crippen LogP contribution in [0.1, 0.15) is 36.7 Å². The zero-order valence-corrected chi connectivity index (χ0v) is 14.2. The van der Waals surface area contributed by atoms with E-state index in [-0.39, 0.29) is 37.7 Å². The van der Waals surface area contributed by atoms with Crippen LogP contribution in [-0.4, -0.2) is 44.3 Å². The number of carbonyl (C=O) groups is 2. The van der Waals surface area contributed by atoms with Gasteiger partial charge in [-0.15, -0.1) is 0 Å². The maximum Gasteiger partial charge on any atom is 0.338 e. The highest BCUT2D eigenvalue weighted by Crippen LogP contribution is 2.20. The van der Waals surface area contributed by atoms with Gasteiger partial charge in [0.1, 0.15) is 5.75 Å². The minimum atomic E-state index is -0.540. The van der Waals surface area contributed by atoms with E-state index in [1.54, 1.807) is 32.9 Å². The molecule has 0 aliphatic heterocycles. The van der Waals surface area contributed by atoms with Crippen LogP contribution in [0.5, 0.6) is 5.75 Å². The fourth-order valence-electron chi connectivity index (χ4n) is 1.93. The molecule has 0 bridgehead atoms. The normalized spacial score (nSPS) is 9.96. The summed E-state index contributed by atoms with van der Waals surface area (Å²) in [4.78, 5) is 23.8. The van der Waals surface area contributed by atoms with Crippen LogP contribution in [0.25, 0.3) is 0 Å². The Morgan fingerprint density at radius 2 is 1.67 bits per heavy atom. The van der Waals surface area contributed by atoms with Crippen LogP contribution in [-0.2, 0) is 25.4 Å². The molecule has 1 rings (SSSR count).